The number of carbonyl (C=O) groups excluding carboxylic acids is 1. The zero-order valence-electron chi connectivity index (χ0n) is 6.96. The van der Waals surface area contributed by atoms with Gasteiger partial charge in [0.2, 0.25) is 0 Å². The maximum atomic E-state index is 10.6. The Morgan fingerprint density at radius 2 is 2.40 bits per heavy atom. The summed E-state index contributed by atoms with van der Waals surface area (Å²) in [5, 5.41) is 8.40. The van der Waals surface area contributed by atoms with E-state index in [0.717, 1.165) is 12.7 Å². The molecule has 0 aliphatic carbocycles. The van der Waals surface area contributed by atoms with Crippen LogP contribution < -0.4 is 29.6 Å². The monoisotopic (exact) mass is 152 g/mol. The van der Waals surface area contributed by atoms with Gasteiger partial charge in [-0.2, -0.15) is 0 Å². The third kappa shape index (κ3) is 2.33. The Kier molecular flexibility index (Phi) is 4.77. The van der Waals surface area contributed by atoms with Crippen LogP contribution in [0.3, 0.4) is 0 Å². The van der Waals surface area contributed by atoms with Gasteiger partial charge >= 0.3 is 35.5 Å². The first kappa shape index (κ1) is 10.0. The van der Waals surface area contributed by atoms with Crippen LogP contribution in [0.2, 0.25) is 0 Å². The number of esters is 1. The van der Waals surface area contributed by atoms with Crippen LogP contribution in [0.5, 0.6) is 0 Å². The summed E-state index contributed by atoms with van der Waals surface area (Å²) in [5.74, 6) is -0.385. The molecule has 0 amide bonds. The van der Waals surface area contributed by atoms with E-state index in [1.54, 1.807) is 0 Å². The smallest absolute Gasteiger partial charge is 1.00 e. The van der Waals surface area contributed by atoms with Crippen LogP contribution in [-0.4, -0.2) is 17.7 Å². The van der Waals surface area contributed by atoms with Crippen LogP contribution in [0.25, 0.3) is 0 Å². The number of rotatable bonds is 0. The topological polar surface area (TPSA) is 46.5 Å². The normalized spacial score (nSPS) is 21.6. The van der Waals surface area contributed by atoms with E-state index >= 15 is 0 Å². The first-order valence-corrected chi connectivity index (χ1v) is 2.85. The number of cyclic esters (lactones) is 1. The zero-order chi connectivity index (χ0) is 6.69. The van der Waals surface area contributed by atoms with Crippen molar-refractivity contribution in [2.24, 2.45) is 0 Å². The van der Waals surface area contributed by atoms with E-state index in [1.807, 2.05) is 0 Å². The molecule has 0 atom stereocenters. The first-order chi connectivity index (χ1) is 4.34. The molecular formula is C6H9NaO3. The van der Waals surface area contributed by atoms with Crippen LogP contribution in [0, 0.1) is 0 Å². The van der Waals surface area contributed by atoms with Gasteiger partial charge in [-0.15, -0.1) is 0 Å². The molecule has 0 bridgehead atoms. The second-order valence-electron chi connectivity index (χ2n) is 1.89. The molecular weight excluding hydrogens is 143 g/mol. The van der Waals surface area contributed by atoms with Crippen LogP contribution in [0.15, 0.2) is 11.8 Å². The van der Waals surface area contributed by atoms with Crippen molar-refractivity contribution in [2.45, 2.75) is 12.8 Å². The minimum atomic E-state index is -0.385. The number of aliphatic hydroxyl groups excluding tert-OH is 1. The molecule has 1 aliphatic heterocycles. The minimum Gasteiger partial charge on any atom is -1.00 e. The van der Waals surface area contributed by atoms with Crippen molar-refractivity contribution < 1.29 is 45.6 Å². The molecule has 0 aromatic rings. The maximum absolute atomic E-state index is 10.6. The van der Waals surface area contributed by atoms with E-state index in [2.05, 4.69) is 4.74 Å². The minimum absolute atomic E-state index is 0. The molecule has 0 aromatic heterocycles. The van der Waals surface area contributed by atoms with Crippen molar-refractivity contribution in [3.05, 3.63) is 11.8 Å². The number of aliphatic hydroxyl groups is 1. The predicted molar refractivity (Wildman–Crippen MR) is 32.0 cm³/mol. The Bertz CT molecular complexity index is 158. The van der Waals surface area contributed by atoms with E-state index in [1.165, 1.54) is 0 Å². The van der Waals surface area contributed by atoms with Gasteiger partial charge in [0, 0.05) is 0 Å². The summed E-state index contributed by atoms with van der Waals surface area (Å²) in [7, 11) is 0. The number of hydrogen-bond acceptors (Lipinski definition) is 3. The summed E-state index contributed by atoms with van der Waals surface area (Å²) < 4.78 is 4.61. The maximum Gasteiger partial charge on any atom is 1.00 e. The largest absolute Gasteiger partial charge is 1.00 e. The summed E-state index contributed by atoms with van der Waals surface area (Å²) in [6.07, 6.45) is 2.27. The van der Waals surface area contributed by atoms with Crippen LogP contribution in [0.4, 0.5) is 0 Å². The Balaban J connectivity index is 0. The van der Waals surface area contributed by atoms with E-state index in [-0.39, 0.29) is 37.0 Å². The summed E-state index contributed by atoms with van der Waals surface area (Å²) in [6, 6.07) is 0. The second kappa shape index (κ2) is 4.77. The molecule has 1 rings (SSSR count). The molecule has 0 aromatic carbocycles. The van der Waals surface area contributed by atoms with Gasteiger partial charge in [-0.05, 0) is 12.8 Å². The fourth-order valence-corrected chi connectivity index (χ4v) is 0.739. The van der Waals surface area contributed by atoms with Gasteiger partial charge in [0.1, 0.15) is 0 Å². The summed E-state index contributed by atoms with van der Waals surface area (Å²) in [6.45, 7) is 0.482. The fraction of sp³-hybridized carbons (Fsp3) is 0.500. The van der Waals surface area contributed by atoms with Crippen LogP contribution >= 0.6 is 0 Å². The first-order valence-electron chi connectivity index (χ1n) is 2.85. The van der Waals surface area contributed by atoms with E-state index in [4.69, 9.17) is 5.11 Å². The third-order valence-electron chi connectivity index (χ3n) is 1.24. The van der Waals surface area contributed by atoms with Crippen molar-refractivity contribution >= 4 is 5.97 Å². The van der Waals surface area contributed by atoms with Gasteiger partial charge in [-0.1, -0.05) is 0 Å². The number of carbonyl (C=O) groups is 1. The van der Waals surface area contributed by atoms with Gasteiger partial charge in [0.05, 0.1) is 18.4 Å². The predicted octanol–water partition coefficient (Wildman–Crippen LogP) is -2.12. The van der Waals surface area contributed by atoms with Gasteiger partial charge in [-0.25, -0.2) is 4.79 Å². The molecule has 1 heterocycles. The summed E-state index contributed by atoms with van der Waals surface area (Å²) >= 11 is 0. The van der Waals surface area contributed by atoms with E-state index in [9.17, 15) is 4.79 Å². The Morgan fingerprint density at radius 3 is 2.80 bits per heavy atom. The molecule has 1 fully saturated rings. The molecule has 0 radical (unpaired) electrons. The molecule has 1 aliphatic rings. The van der Waals surface area contributed by atoms with E-state index < -0.39 is 0 Å². The SMILES string of the molecule is O=C1OCCCC1=CO.[H-].[Na+]. The molecule has 4 heteroatoms. The number of hydrogen-bond donors (Lipinski definition) is 1. The van der Waals surface area contributed by atoms with Crippen LogP contribution in [-0.2, 0) is 9.53 Å². The molecule has 1 N–H and O–H groups in total. The standard InChI is InChI=1S/C6H8O3.Na.H/c7-4-5-2-1-3-9-6(5)8;;/h4,7H,1-3H2;;/q;+1;-1. The Morgan fingerprint density at radius 1 is 1.70 bits per heavy atom. The Hall–Kier alpha value is 0.0100. The molecule has 0 saturated carbocycles. The number of ether oxygens (including phenoxy) is 1. The van der Waals surface area contributed by atoms with Crippen molar-refractivity contribution in [1.82, 2.24) is 0 Å². The van der Waals surface area contributed by atoms with Gasteiger partial charge in [0.15, 0.2) is 0 Å². The fourth-order valence-electron chi connectivity index (χ4n) is 0.739. The van der Waals surface area contributed by atoms with Gasteiger partial charge in [-0.3, -0.25) is 0 Å². The molecule has 0 unspecified atom stereocenters. The van der Waals surface area contributed by atoms with Crippen molar-refractivity contribution in [2.75, 3.05) is 6.61 Å². The molecule has 10 heavy (non-hydrogen) atoms. The van der Waals surface area contributed by atoms with Crippen molar-refractivity contribution in [3.63, 3.8) is 0 Å². The van der Waals surface area contributed by atoms with Crippen molar-refractivity contribution in [1.29, 1.82) is 0 Å². The Labute approximate surface area is 82.8 Å². The van der Waals surface area contributed by atoms with Crippen LogP contribution in [0.1, 0.15) is 14.3 Å². The average molecular weight is 152 g/mol. The molecule has 52 valence electrons. The zero-order valence-corrected chi connectivity index (χ0v) is 7.96. The van der Waals surface area contributed by atoms with Gasteiger partial charge < -0.3 is 11.3 Å². The molecule has 0 spiro atoms. The van der Waals surface area contributed by atoms with E-state index in [0.29, 0.717) is 18.6 Å². The third-order valence-corrected chi connectivity index (χ3v) is 1.24. The summed E-state index contributed by atoms with van der Waals surface area (Å²) in [5.41, 5.74) is 0.376. The van der Waals surface area contributed by atoms with Crippen molar-refractivity contribution in [3.8, 4) is 0 Å². The second-order valence-corrected chi connectivity index (χ2v) is 1.89. The summed E-state index contributed by atoms with van der Waals surface area (Å²) in [4.78, 5) is 10.6. The molecule has 3 nitrogen and oxygen atoms in total. The molecule has 1 saturated heterocycles. The quantitative estimate of drug-likeness (QED) is 0.187. The average Bonchev–Trinajstić information content (AvgIpc) is 1.89. The van der Waals surface area contributed by atoms with Gasteiger partial charge in [0.25, 0.3) is 0 Å².